The van der Waals surface area contributed by atoms with E-state index in [4.69, 9.17) is 5.11 Å². The molecule has 0 saturated carbocycles. The van der Waals surface area contributed by atoms with E-state index >= 15 is 0 Å². The van der Waals surface area contributed by atoms with E-state index in [9.17, 15) is 8.42 Å². The minimum Gasteiger partial charge on any atom is -0.396 e. The lowest BCUT2D eigenvalue weighted by molar-refractivity contribution is 0.216. The average molecular weight is 271 g/mol. The fourth-order valence-electron chi connectivity index (χ4n) is 1.68. The van der Waals surface area contributed by atoms with Gasteiger partial charge in [0.05, 0.1) is 4.90 Å². The van der Waals surface area contributed by atoms with Gasteiger partial charge in [-0.2, -0.15) is 0 Å². The van der Waals surface area contributed by atoms with Gasteiger partial charge < -0.3 is 5.11 Å². The maximum absolute atomic E-state index is 12.2. The molecular weight excluding hydrogens is 250 g/mol. The molecule has 0 aliphatic heterocycles. The van der Waals surface area contributed by atoms with Crippen LogP contribution in [0.4, 0.5) is 0 Å². The molecule has 102 valence electrons. The van der Waals surface area contributed by atoms with Crippen LogP contribution in [0.15, 0.2) is 23.1 Å². The van der Waals surface area contributed by atoms with Gasteiger partial charge in [-0.05, 0) is 49.9 Å². The van der Waals surface area contributed by atoms with Gasteiger partial charge in [0.1, 0.15) is 0 Å². The van der Waals surface area contributed by atoms with Crippen molar-refractivity contribution in [3.05, 3.63) is 29.3 Å². The van der Waals surface area contributed by atoms with Crippen LogP contribution in [0, 0.1) is 19.8 Å². The molecule has 2 unspecified atom stereocenters. The Bertz CT molecular complexity index is 491. The fraction of sp³-hybridized carbons (Fsp3) is 0.538. The lowest BCUT2D eigenvalue weighted by Gasteiger charge is -2.19. The van der Waals surface area contributed by atoms with Gasteiger partial charge in [-0.1, -0.05) is 13.0 Å². The number of hydrogen-bond donors (Lipinski definition) is 2. The maximum atomic E-state index is 12.2. The molecule has 0 amide bonds. The molecule has 0 aliphatic carbocycles. The highest BCUT2D eigenvalue weighted by molar-refractivity contribution is 7.89. The minimum atomic E-state index is -3.52. The summed E-state index contributed by atoms with van der Waals surface area (Å²) in [4.78, 5) is 0.275. The highest BCUT2D eigenvalue weighted by Gasteiger charge is 2.21. The van der Waals surface area contributed by atoms with Crippen LogP contribution >= 0.6 is 0 Å². The van der Waals surface area contributed by atoms with E-state index in [2.05, 4.69) is 4.72 Å². The van der Waals surface area contributed by atoms with Gasteiger partial charge in [-0.3, -0.25) is 0 Å². The molecule has 1 rings (SSSR count). The predicted octanol–water partition coefficient (Wildman–Crippen LogP) is 1.60. The lowest BCUT2D eigenvalue weighted by atomic mass is 10.1. The van der Waals surface area contributed by atoms with E-state index in [0.717, 1.165) is 11.1 Å². The molecular formula is C13H21NO3S. The zero-order chi connectivity index (χ0) is 13.9. The Kier molecular flexibility index (Phi) is 4.90. The monoisotopic (exact) mass is 271 g/mol. The number of benzene rings is 1. The predicted molar refractivity (Wildman–Crippen MR) is 71.9 cm³/mol. The molecule has 5 heteroatoms. The first-order valence-electron chi connectivity index (χ1n) is 5.97. The summed E-state index contributed by atoms with van der Waals surface area (Å²) in [5, 5.41) is 9.03. The molecule has 4 nitrogen and oxygen atoms in total. The molecule has 18 heavy (non-hydrogen) atoms. The van der Waals surface area contributed by atoms with Crippen molar-refractivity contribution in [2.24, 2.45) is 5.92 Å². The van der Waals surface area contributed by atoms with E-state index in [-0.39, 0.29) is 23.5 Å². The molecule has 0 heterocycles. The fourth-order valence-corrected chi connectivity index (χ4v) is 3.22. The van der Waals surface area contributed by atoms with Crippen molar-refractivity contribution in [2.75, 3.05) is 6.61 Å². The number of aryl methyl sites for hydroxylation is 2. The van der Waals surface area contributed by atoms with Crippen LogP contribution in [0.3, 0.4) is 0 Å². The number of hydrogen-bond acceptors (Lipinski definition) is 3. The molecule has 2 N–H and O–H groups in total. The summed E-state index contributed by atoms with van der Waals surface area (Å²) < 4.78 is 26.9. The smallest absolute Gasteiger partial charge is 0.240 e. The average Bonchev–Trinajstić information content (AvgIpc) is 2.26. The third-order valence-electron chi connectivity index (χ3n) is 2.99. The quantitative estimate of drug-likeness (QED) is 0.855. The molecule has 2 atom stereocenters. The summed E-state index contributed by atoms with van der Waals surface area (Å²) in [6.07, 6.45) is 0. The second kappa shape index (κ2) is 5.82. The normalized spacial score (nSPS) is 15.4. The number of aliphatic hydroxyl groups is 1. The van der Waals surface area contributed by atoms with Crippen molar-refractivity contribution in [1.29, 1.82) is 0 Å². The Morgan fingerprint density at radius 1 is 1.17 bits per heavy atom. The van der Waals surface area contributed by atoms with Gasteiger partial charge >= 0.3 is 0 Å². The van der Waals surface area contributed by atoms with Gasteiger partial charge in [0.2, 0.25) is 10.0 Å². The third kappa shape index (κ3) is 3.80. The molecule has 0 radical (unpaired) electrons. The van der Waals surface area contributed by atoms with Crippen molar-refractivity contribution < 1.29 is 13.5 Å². The van der Waals surface area contributed by atoms with Crippen LogP contribution in [0.1, 0.15) is 25.0 Å². The molecule has 0 aromatic heterocycles. The second-order valence-electron chi connectivity index (χ2n) is 4.89. The van der Waals surface area contributed by atoms with Gasteiger partial charge in [0, 0.05) is 12.6 Å². The summed E-state index contributed by atoms with van der Waals surface area (Å²) >= 11 is 0. The van der Waals surface area contributed by atoms with E-state index in [1.165, 1.54) is 0 Å². The molecule has 0 spiro atoms. The van der Waals surface area contributed by atoms with Crippen LogP contribution in [0.5, 0.6) is 0 Å². The standard InChI is InChI=1S/C13H21NO3S/c1-9-5-10(2)7-13(6-9)18(16,17)14-12(4)11(3)8-15/h5-7,11-12,14-15H,8H2,1-4H3. The van der Waals surface area contributed by atoms with E-state index in [1.807, 2.05) is 19.9 Å². The molecule has 1 aromatic rings. The number of aliphatic hydroxyl groups excluding tert-OH is 1. The van der Waals surface area contributed by atoms with E-state index in [1.54, 1.807) is 26.0 Å². The zero-order valence-electron chi connectivity index (χ0n) is 11.3. The summed E-state index contributed by atoms with van der Waals surface area (Å²) in [5.74, 6) is -0.120. The summed E-state index contributed by atoms with van der Waals surface area (Å²) in [7, 11) is -3.52. The Hall–Kier alpha value is -0.910. The van der Waals surface area contributed by atoms with Gasteiger partial charge in [-0.25, -0.2) is 13.1 Å². The second-order valence-corrected chi connectivity index (χ2v) is 6.61. The van der Waals surface area contributed by atoms with Crippen LogP contribution in [0.2, 0.25) is 0 Å². The molecule has 1 aromatic carbocycles. The molecule has 0 fully saturated rings. The van der Waals surface area contributed by atoms with Gasteiger partial charge in [-0.15, -0.1) is 0 Å². The van der Waals surface area contributed by atoms with Gasteiger partial charge in [0.25, 0.3) is 0 Å². The first-order valence-corrected chi connectivity index (χ1v) is 7.46. The van der Waals surface area contributed by atoms with Crippen LogP contribution in [-0.4, -0.2) is 26.2 Å². The van der Waals surface area contributed by atoms with Crippen LogP contribution in [-0.2, 0) is 10.0 Å². The zero-order valence-corrected chi connectivity index (χ0v) is 12.1. The summed E-state index contributed by atoms with van der Waals surface area (Å²) in [6.45, 7) is 7.24. The highest BCUT2D eigenvalue weighted by Crippen LogP contribution is 2.15. The van der Waals surface area contributed by atoms with Crippen molar-refractivity contribution >= 4 is 10.0 Å². The Morgan fingerprint density at radius 2 is 1.67 bits per heavy atom. The van der Waals surface area contributed by atoms with E-state index in [0.29, 0.717) is 0 Å². The Balaban J connectivity index is 2.99. The largest absolute Gasteiger partial charge is 0.396 e. The highest BCUT2D eigenvalue weighted by atomic mass is 32.2. The van der Waals surface area contributed by atoms with Crippen molar-refractivity contribution in [3.63, 3.8) is 0 Å². The molecule has 0 saturated heterocycles. The Morgan fingerprint density at radius 3 is 2.11 bits per heavy atom. The maximum Gasteiger partial charge on any atom is 0.240 e. The van der Waals surface area contributed by atoms with Crippen molar-refractivity contribution in [3.8, 4) is 0 Å². The summed E-state index contributed by atoms with van der Waals surface area (Å²) in [5.41, 5.74) is 1.83. The van der Waals surface area contributed by atoms with Crippen LogP contribution in [0.25, 0.3) is 0 Å². The SMILES string of the molecule is Cc1cc(C)cc(S(=O)(=O)NC(C)C(C)CO)c1. The molecule has 0 aliphatic rings. The first kappa shape index (κ1) is 15.1. The topological polar surface area (TPSA) is 66.4 Å². The summed E-state index contributed by atoms with van der Waals surface area (Å²) in [6, 6.07) is 4.91. The van der Waals surface area contributed by atoms with Crippen LogP contribution < -0.4 is 4.72 Å². The number of nitrogens with one attached hydrogen (secondary N) is 1. The lowest BCUT2D eigenvalue weighted by Crippen LogP contribution is -2.38. The van der Waals surface area contributed by atoms with Crippen molar-refractivity contribution in [1.82, 2.24) is 4.72 Å². The number of rotatable bonds is 5. The van der Waals surface area contributed by atoms with Gasteiger partial charge in [0.15, 0.2) is 0 Å². The van der Waals surface area contributed by atoms with E-state index < -0.39 is 10.0 Å². The molecule has 0 bridgehead atoms. The van der Waals surface area contributed by atoms with Crippen molar-refractivity contribution in [2.45, 2.75) is 38.6 Å². The minimum absolute atomic E-state index is 0.0451. The Labute approximate surface area is 109 Å². The number of sulfonamides is 1. The first-order chi connectivity index (χ1) is 8.26. The third-order valence-corrected chi connectivity index (χ3v) is 4.53.